The Balaban J connectivity index is 2.33. The van der Waals surface area contributed by atoms with E-state index < -0.39 is 0 Å². The predicted octanol–water partition coefficient (Wildman–Crippen LogP) is 2.58. The molecule has 1 aromatic carbocycles. The fourth-order valence-electron chi connectivity index (χ4n) is 1.78. The van der Waals surface area contributed by atoms with Gasteiger partial charge >= 0.3 is 0 Å². The molecule has 0 spiro atoms. The van der Waals surface area contributed by atoms with Gasteiger partial charge in [0.2, 0.25) is 0 Å². The van der Waals surface area contributed by atoms with E-state index in [-0.39, 0.29) is 6.10 Å². The quantitative estimate of drug-likeness (QED) is 0.689. The van der Waals surface area contributed by atoms with E-state index in [1.807, 2.05) is 38.1 Å². The van der Waals surface area contributed by atoms with Gasteiger partial charge in [-0.15, -0.1) is 0 Å². The zero-order valence-electron chi connectivity index (χ0n) is 8.99. The standard InChI is InChI=1S/C13H14O2/c1-9-3-5-11(6-4-9)13-12(7-14)10(2)8-15-13/h3-7,13H,8H2,1-2H3/t13-/m1/s1. The van der Waals surface area contributed by atoms with Gasteiger partial charge in [-0.25, -0.2) is 0 Å². The highest BCUT2D eigenvalue weighted by Crippen LogP contribution is 2.32. The molecular weight excluding hydrogens is 188 g/mol. The molecule has 15 heavy (non-hydrogen) atoms. The number of benzene rings is 1. The van der Waals surface area contributed by atoms with Crippen LogP contribution in [-0.2, 0) is 9.53 Å². The molecule has 1 aromatic rings. The summed E-state index contributed by atoms with van der Waals surface area (Å²) in [6.45, 7) is 4.55. The van der Waals surface area contributed by atoms with Gasteiger partial charge in [-0.05, 0) is 25.0 Å². The molecule has 0 aromatic heterocycles. The topological polar surface area (TPSA) is 26.3 Å². The van der Waals surface area contributed by atoms with Crippen molar-refractivity contribution in [3.05, 3.63) is 46.5 Å². The fourth-order valence-corrected chi connectivity index (χ4v) is 1.78. The minimum atomic E-state index is -0.164. The third-order valence-electron chi connectivity index (χ3n) is 2.75. The molecule has 0 fully saturated rings. The lowest BCUT2D eigenvalue weighted by atomic mass is 10.0. The Labute approximate surface area is 89.6 Å². The number of carbonyl (C=O) groups is 1. The third-order valence-corrected chi connectivity index (χ3v) is 2.75. The number of rotatable bonds is 2. The van der Waals surface area contributed by atoms with Crippen molar-refractivity contribution in [2.75, 3.05) is 6.61 Å². The summed E-state index contributed by atoms with van der Waals surface area (Å²) < 4.78 is 5.59. The van der Waals surface area contributed by atoms with E-state index in [2.05, 4.69) is 0 Å². The number of ether oxygens (including phenoxy) is 1. The molecule has 0 radical (unpaired) electrons. The van der Waals surface area contributed by atoms with E-state index >= 15 is 0 Å². The fraction of sp³-hybridized carbons (Fsp3) is 0.308. The Morgan fingerprint density at radius 2 is 1.93 bits per heavy atom. The molecule has 1 heterocycles. The third kappa shape index (κ3) is 1.85. The summed E-state index contributed by atoms with van der Waals surface area (Å²) >= 11 is 0. The molecule has 1 atom stereocenters. The van der Waals surface area contributed by atoms with Crippen LogP contribution in [0.2, 0.25) is 0 Å². The van der Waals surface area contributed by atoms with E-state index in [0.717, 1.165) is 23.0 Å². The van der Waals surface area contributed by atoms with E-state index in [1.165, 1.54) is 5.56 Å². The van der Waals surface area contributed by atoms with Gasteiger partial charge in [-0.2, -0.15) is 0 Å². The molecule has 1 aliphatic rings. The maximum atomic E-state index is 10.9. The van der Waals surface area contributed by atoms with Crippen LogP contribution in [-0.4, -0.2) is 12.9 Å². The molecule has 2 rings (SSSR count). The maximum Gasteiger partial charge on any atom is 0.149 e. The number of aryl methyl sites for hydroxylation is 1. The van der Waals surface area contributed by atoms with Gasteiger partial charge in [0.05, 0.1) is 6.61 Å². The monoisotopic (exact) mass is 202 g/mol. The second-order valence-corrected chi connectivity index (χ2v) is 3.96. The first-order valence-electron chi connectivity index (χ1n) is 5.05. The van der Waals surface area contributed by atoms with Gasteiger partial charge in [0.1, 0.15) is 12.4 Å². The summed E-state index contributed by atoms with van der Waals surface area (Å²) in [5.74, 6) is 0. The summed E-state index contributed by atoms with van der Waals surface area (Å²) in [6, 6.07) is 8.10. The van der Waals surface area contributed by atoms with Crippen molar-refractivity contribution in [2.45, 2.75) is 20.0 Å². The minimum absolute atomic E-state index is 0.164. The van der Waals surface area contributed by atoms with E-state index in [1.54, 1.807) is 0 Å². The predicted molar refractivity (Wildman–Crippen MR) is 58.6 cm³/mol. The number of hydrogen-bond donors (Lipinski definition) is 0. The van der Waals surface area contributed by atoms with E-state index in [0.29, 0.717) is 6.61 Å². The first kappa shape index (κ1) is 10.1. The Hall–Kier alpha value is -1.41. The number of carbonyl (C=O) groups excluding carboxylic acids is 1. The smallest absolute Gasteiger partial charge is 0.149 e. The zero-order chi connectivity index (χ0) is 10.8. The Morgan fingerprint density at radius 1 is 1.27 bits per heavy atom. The van der Waals surface area contributed by atoms with Crippen LogP contribution < -0.4 is 0 Å². The number of hydrogen-bond acceptors (Lipinski definition) is 2. The molecule has 0 saturated heterocycles. The molecule has 0 N–H and O–H groups in total. The van der Waals surface area contributed by atoms with Crippen molar-refractivity contribution in [1.82, 2.24) is 0 Å². The van der Waals surface area contributed by atoms with Gasteiger partial charge < -0.3 is 4.74 Å². The number of aldehydes is 1. The van der Waals surface area contributed by atoms with Crippen molar-refractivity contribution in [2.24, 2.45) is 0 Å². The van der Waals surface area contributed by atoms with Crippen LogP contribution in [0.25, 0.3) is 0 Å². The van der Waals surface area contributed by atoms with Crippen molar-refractivity contribution < 1.29 is 9.53 Å². The largest absolute Gasteiger partial charge is 0.364 e. The Bertz CT molecular complexity index is 401. The Kier molecular flexibility index (Phi) is 2.69. The SMILES string of the molecule is CC1=C(C=O)[C@@H](c2ccc(C)cc2)OC1. The highest BCUT2D eigenvalue weighted by atomic mass is 16.5. The van der Waals surface area contributed by atoms with Crippen LogP contribution in [0.1, 0.15) is 24.2 Å². The van der Waals surface area contributed by atoms with Crippen LogP contribution in [0.15, 0.2) is 35.4 Å². The highest BCUT2D eigenvalue weighted by Gasteiger charge is 2.24. The average Bonchev–Trinajstić information content (AvgIpc) is 2.61. The van der Waals surface area contributed by atoms with Crippen molar-refractivity contribution in [3.8, 4) is 0 Å². The van der Waals surface area contributed by atoms with Crippen LogP contribution >= 0.6 is 0 Å². The lowest BCUT2D eigenvalue weighted by Crippen LogP contribution is -2.01. The second kappa shape index (κ2) is 3.99. The molecule has 1 aliphatic heterocycles. The summed E-state index contributed by atoms with van der Waals surface area (Å²) in [5, 5.41) is 0. The van der Waals surface area contributed by atoms with Crippen molar-refractivity contribution >= 4 is 6.29 Å². The highest BCUT2D eigenvalue weighted by molar-refractivity contribution is 5.77. The second-order valence-electron chi connectivity index (χ2n) is 3.96. The van der Waals surface area contributed by atoms with Crippen molar-refractivity contribution in [3.63, 3.8) is 0 Å². The van der Waals surface area contributed by atoms with Gasteiger partial charge in [-0.3, -0.25) is 4.79 Å². The molecule has 2 heteroatoms. The van der Waals surface area contributed by atoms with E-state index in [9.17, 15) is 4.79 Å². The molecule has 0 unspecified atom stereocenters. The summed E-state index contributed by atoms with van der Waals surface area (Å²) in [4.78, 5) is 10.9. The normalized spacial score (nSPS) is 20.8. The van der Waals surface area contributed by atoms with Crippen molar-refractivity contribution in [1.29, 1.82) is 0 Å². The Morgan fingerprint density at radius 3 is 2.53 bits per heavy atom. The van der Waals surface area contributed by atoms with Crippen LogP contribution in [0.4, 0.5) is 0 Å². The molecule has 0 bridgehead atoms. The summed E-state index contributed by atoms with van der Waals surface area (Å²) in [6.07, 6.45) is 0.746. The lowest BCUT2D eigenvalue weighted by molar-refractivity contribution is -0.105. The maximum absolute atomic E-state index is 10.9. The minimum Gasteiger partial charge on any atom is -0.364 e. The molecule has 78 valence electrons. The zero-order valence-corrected chi connectivity index (χ0v) is 8.99. The summed E-state index contributed by atoms with van der Waals surface area (Å²) in [5.41, 5.74) is 4.08. The average molecular weight is 202 g/mol. The van der Waals surface area contributed by atoms with Crippen LogP contribution in [0.5, 0.6) is 0 Å². The lowest BCUT2D eigenvalue weighted by Gasteiger charge is -2.11. The molecule has 2 nitrogen and oxygen atoms in total. The van der Waals surface area contributed by atoms with Gasteiger partial charge in [0, 0.05) is 5.57 Å². The molecule has 0 saturated carbocycles. The van der Waals surface area contributed by atoms with Gasteiger partial charge in [-0.1, -0.05) is 29.8 Å². The first-order chi connectivity index (χ1) is 7.22. The van der Waals surface area contributed by atoms with Crippen LogP contribution in [0, 0.1) is 6.92 Å². The molecule has 0 aliphatic carbocycles. The molecular formula is C13H14O2. The molecule has 0 amide bonds. The first-order valence-corrected chi connectivity index (χ1v) is 5.05. The summed E-state index contributed by atoms with van der Waals surface area (Å²) in [7, 11) is 0. The van der Waals surface area contributed by atoms with Crippen LogP contribution in [0.3, 0.4) is 0 Å². The van der Waals surface area contributed by atoms with E-state index in [4.69, 9.17) is 4.74 Å². The van der Waals surface area contributed by atoms with Gasteiger partial charge in [0.15, 0.2) is 0 Å². The van der Waals surface area contributed by atoms with Gasteiger partial charge in [0.25, 0.3) is 0 Å².